The Morgan fingerprint density at radius 2 is 1.60 bits per heavy atom. The van der Waals surface area contributed by atoms with Crippen LogP contribution in [0.4, 0.5) is 11.5 Å². The van der Waals surface area contributed by atoms with Gasteiger partial charge in [0, 0.05) is 43.3 Å². The number of amides is 1. The summed E-state index contributed by atoms with van der Waals surface area (Å²) in [6.45, 7) is 0.461. The number of para-hydroxylation sites is 1. The third kappa shape index (κ3) is 6.84. The van der Waals surface area contributed by atoms with Crippen LogP contribution in [0.15, 0.2) is 78.9 Å². The number of anilines is 2. The van der Waals surface area contributed by atoms with Gasteiger partial charge in [-0.2, -0.15) is 0 Å². The molecule has 0 atom stereocenters. The number of ether oxygens (including phenoxy) is 2. The molecule has 1 heterocycles. The first-order valence-corrected chi connectivity index (χ1v) is 13.9. The van der Waals surface area contributed by atoms with E-state index in [1.165, 1.54) is 0 Å². The molecule has 0 bridgehead atoms. The number of aromatic nitrogens is 1. The zero-order valence-corrected chi connectivity index (χ0v) is 23.5. The second-order valence-corrected chi connectivity index (χ2v) is 10.6. The minimum atomic E-state index is 0.0308. The lowest BCUT2D eigenvalue weighted by Gasteiger charge is -2.30. The van der Waals surface area contributed by atoms with E-state index < -0.39 is 0 Å². The van der Waals surface area contributed by atoms with E-state index in [0.717, 1.165) is 59.2 Å². The van der Waals surface area contributed by atoms with Crippen molar-refractivity contribution in [2.75, 3.05) is 31.4 Å². The number of carbonyl (C=O) groups excluding carboxylic acids is 1. The molecule has 1 aliphatic rings. The Balaban J connectivity index is 1.11. The van der Waals surface area contributed by atoms with E-state index in [1.807, 2.05) is 60.7 Å². The molecule has 1 aliphatic carbocycles. The summed E-state index contributed by atoms with van der Waals surface area (Å²) in [6.07, 6.45) is 4.15. The molecule has 1 saturated carbocycles. The van der Waals surface area contributed by atoms with Gasteiger partial charge in [0.05, 0.1) is 19.0 Å². The molecule has 0 unspecified atom stereocenters. The normalized spacial score (nSPS) is 16.8. The summed E-state index contributed by atoms with van der Waals surface area (Å²) in [6, 6.07) is 26.6. The number of hydrogen-bond donors (Lipinski definition) is 2. The third-order valence-corrected chi connectivity index (χ3v) is 7.45. The van der Waals surface area contributed by atoms with Gasteiger partial charge >= 0.3 is 0 Å². The molecular weight excluding hydrogens is 500 g/mol. The van der Waals surface area contributed by atoms with Crippen LogP contribution in [-0.2, 0) is 17.8 Å². The van der Waals surface area contributed by atoms with Crippen molar-refractivity contribution in [1.29, 1.82) is 0 Å². The molecule has 7 nitrogen and oxygen atoms in total. The van der Waals surface area contributed by atoms with E-state index >= 15 is 0 Å². The highest BCUT2D eigenvalue weighted by Gasteiger charge is 2.23. The van der Waals surface area contributed by atoms with Crippen LogP contribution in [0.25, 0.3) is 10.9 Å². The van der Waals surface area contributed by atoms with Gasteiger partial charge in [-0.3, -0.25) is 4.79 Å². The van der Waals surface area contributed by atoms with Crippen molar-refractivity contribution >= 4 is 28.3 Å². The number of carbonyl (C=O) groups is 1. The summed E-state index contributed by atoms with van der Waals surface area (Å²) < 4.78 is 11.5. The lowest BCUT2D eigenvalue weighted by Crippen LogP contribution is -2.40. The van der Waals surface area contributed by atoms with Crippen molar-refractivity contribution in [2.45, 2.75) is 50.8 Å². The Bertz CT molecular complexity index is 1430. The Morgan fingerprint density at radius 1 is 0.875 bits per heavy atom. The topological polar surface area (TPSA) is 75.7 Å². The molecule has 0 aliphatic heterocycles. The first-order valence-electron chi connectivity index (χ1n) is 13.9. The maximum atomic E-state index is 12.9. The van der Waals surface area contributed by atoms with Gasteiger partial charge in [0.25, 0.3) is 0 Å². The number of hydrogen-bond acceptors (Lipinski definition) is 6. The van der Waals surface area contributed by atoms with Gasteiger partial charge in [-0.15, -0.1) is 0 Å². The quantitative estimate of drug-likeness (QED) is 0.259. The Kier molecular flexibility index (Phi) is 8.69. The van der Waals surface area contributed by atoms with E-state index in [2.05, 4.69) is 47.8 Å². The number of fused-ring (bicyclic) bond motifs is 1. The average Bonchev–Trinajstić information content (AvgIpc) is 2.97. The predicted octanol–water partition coefficient (Wildman–Crippen LogP) is 5.97. The fourth-order valence-electron chi connectivity index (χ4n) is 5.33. The average molecular weight is 539 g/mol. The fourth-order valence-corrected chi connectivity index (χ4v) is 5.33. The van der Waals surface area contributed by atoms with Crippen LogP contribution in [0.1, 0.15) is 36.8 Å². The van der Waals surface area contributed by atoms with E-state index in [9.17, 15) is 4.79 Å². The van der Waals surface area contributed by atoms with E-state index in [1.54, 1.807) is 7.11 Å². The van der Waals surface area contributed by atoms with Crippen molar-refractivity contribution < 1.29 is 14.3 Å². The van der Waals surface area contributed by atoms with Gasteiger partial charge in [-0.05, 0) is 55.0 Å². The monoisotopic (exact) mass is 538 g/mol. The van der Waals surface area contributed by atoms with Crippen molar-refractivity contribution in [1.82, 2.24) is 10.3 Å². The molecular formula is C33H38N4O3. The minimum absolute atomic E-state index is 0.0308. The van der Waals surface area contributed by atoms with Gasteiger partial charge in [0.2, 0.25) is 5.91 Å². The molecule has 40 heavy (non-hydrogen) atoms. The number of benzene rings is 3. The molecule has 3 aromatic carbocycles. The maximum absolute atomic E-state index is 12.9. The SMILES string of the molecule is COc1cc(CC(=O)N[C@H]2CC[C@@H](Nc3cc(N(C)C)c4ccccc4n3)CC2)ccc1OCc1ccccc1. The second-order valence-electron chi connectivity index (χ2n) is 10.6. The number of methoxy groups -OCH3 is 1. The second kappa shape index (κ2) is 12.7. The van der Waals surface area contributed by atoms with Crippen molar-refractivity contribution in [3.63, 3.8) is 0 Å². The Labute approximate surface area is 236 Å². The molecule has 4 aromatic rings. The number of nitrogens with zero attached hydrogens (tertiary/aromatic N) is 2. The predicted molar refractivity (Wildman–Crippen MR) is 161 cm³/mol. The molecule has 2 N–H and O–H groups in total. The number of pyridine rings is 1. The van der Waals surface area contributed by atoms with Crippen LogP contribution in [-0.4, -0.2) is 44.2 Å². The Morgan fingerprint density at radius 3 is 2.35 bits per heavy atom. The van der Waals surface area contributed by atoms with Gasteiger partial charge in [0.1, 0.15) is 12.4 Å². The summed E-state index contributed by atoms with van der Waals surface area (Å²) in [4.78, 5) is 19.8. The van der Waals surface area contributed by atoms with Crippen molar-refractivity contribution in [3.8, 4) is 11.5 Å². The zero-order valence-electron chi connectivity index (χ0n) is 23.5. The van der Waals surface area contributed by atoms with Crippen molar-refractivity contribution in [2.24, 2.45) is 0 Å². The molecule has 1 fully saturated rings. The first kappa shape index (κ1) is 27.3. The van der Waals surface area contributed by atoms with Crippen LogP contribution in [0.3, 0.4) is 0 Å². The lowest BCUT2D eigenvalue weighted by atomic mass is 9.91. The van der Waals surface area contributed by atoms with Crippen LogP contribution in [0.2, 0.25) is 0 Å². The standard InChI is InChI=1S/C33H38N4O3/c1-37(2)29-21-32(36-28-12-8-7-11-27(28)29)34-25-14-16-26(17-15-25)35-33(38)20-24-13-18-30(31(19-24)39-3)40-22-23-9-5-4-6-10-23/h4-13,18-19,21,25-26H,14-17,20,22H2,1-3H3,(H,34,36)(H,35,38)/t25-,26+. The van der Waals surface area contributed by atoms with E-state index in [4.69, 9.17) is 14.5 Å². The molecule has 0 spiro atoms. The molecule has 1 aromatic heterocycles. The van der Waals surface area contributed by atoms with Crippen LogP contribution in [0.5, 0.6) is 11.5 Å². The molecule has 1 amide bonds. The Hall–Kier alpha value is -4.26. The summed E-state index contributed by atoms with van der Waals surface area (Å²) in [5.74, 6) is 2.23. The number of nitrogens with one attached hydrogen (secondary N) is 2. The van der Waals surface area contributed by atoms with E-state index in [-0.39, 0.29) is 11.9 Å². The van der Waals surface area contributed by atoms with Gasteiger partial charge in [-0.1, -0.05) is 54.6 Å². The molecule has 5 rings (SSSR count). The molecule has 0 saturated heterocycles. The summed E-state index contributed by atoms with van der Waals surface area (Å²) in [5, 5.41) is 8.03. The molecule has 7 heteroatoms. The van der Waals surface area contributed by atoms with Crippen LogP contribution in [0, 0.1) is 0 Å². The lowest BCUT2D eigenvalue weighted by molar-refractivity contribution is -0.121. The van der Waals surface area contributed by atoms with E-state index in [0.29, 0.717) is 30.6 Å². The first-order chi connectivity index (χ1) is 19.5. The third-order valence-electron chi connectivity index (χ3n) is 7.45. The highest BCUT2D eigenvalue weighted by atomic mass is 16.5. The highest BCUT2D eigenvalue weighted by Crippen LogP contribution is 2.31. The molecule has 0 radical (unpaired) electrons. The summed E-state index contributed by atoms with van der Waals surface area (Å²) in [7, 11) is 5.74. The largest absolute Gasteiger partial charge is 0.493 e. The maximum Gasteiger partial charge on any atom is 0.224 e. The summed E-state index contributed by atoms with van der Waals surface area (Å²) >= 11 is 0. The van der Waals surface area contributed by atoms with Gasteiger partial charge < -0.3 is 25.0 Å². The van der Waals surface area contributed by atoms with Gasteiger partial charge in [-0.25, -0.2) is 4.98 Å². The highest BCUT2D eigenvalue weighted by molar-refractivity contribution is 5.93. The van der Waals surface area contributed by atoms with Crippen LogP contribution < -0.4 is 25.0 Å². The molecule has 208 valence electrons. The zero-order chi connectivity index (χ0) is 27.9. The van der Waals surface area contributed by atoms with Crippen LogP contribution >= 0.6 is 0 Å². The van der Waals surface area contributed by atoms with Gasteiger partial charge in [0.15, 0.2) is 11.5 Å². The minimum Gasteiger partial charge on any atom is -0.493 e. The number of rotatable bonds is 10. The fraction of sp³-hybridized carbons (Fsp3) is 0.333. The smallest absolute Gasteiger partial charge is 0.224 e. The summed E-state index contributed by atoms with van der Waals surface area (Å²) in [5.41, 5.74) is 4.13. The van der Waals surface area contributed by atoms with Crippen molar-refractivity contribution in [3.05, 3.63) is 90.0 Å².